The normalized spacial score (nSPS) is 11.7. The Morgan fingerprint density at radius 1 is 0.390 bits per heavy atom. The van der Waals surface area contributed by atoms with Crippen molar-refractivity contribution in [1.29, 1.82) is 0 Å². The van der Waals surface area contributed by atoms with Crippen molar-refractivity contribution >= 4 is 83.0 Å². The molecule has 0 atom stereocenters. The molecule has 0 bridgehead atoms. The molecule has 5 heteroatoms. The zero-order chi connectivity index (χ0) is 39.8. The summed E-state index contributed by atoms with van der Waals surface area (Å²) < 4.78 is 31.1. The highest BCUT2D eigenvalue weighted by atomic mass is 19.1. The molecular weight excluding hydrogens is 729 g/mol. The average molecular weight is 766 g/mol. The van der Waals surface area contributed by atoms with Crippen LogP contribution in [0.2, 0.25) is 0 Å². The van der Waals surface area contributed by atoms with Gasteiger partial charge in [0.25, 0.3) is 0 Å². The van der Waals surface area contributed by atoms with Crippen molar-refractivity contribution in [2.45, 2.75) is 13.8 Å². The third kappa shape index (κ3) is 5.61. The van der Waals surface area contributed by atoms with Crippen LogP contribution >= 0.6 is 0 Å². The van der Waals surface area contributed by atoms with Crippen molar-refractivity contribution in [3.8, 4) is 11.1 Å². The number of fused-ring (bicyclic) bond motifs is 8. The molecule has 2 heterocycles. The Hall–Kier alpha value is -7.50. The van der Waals surface area contributed by atoms with E-state index in [0.29, 0.717) is 0 Å². The van der Waals surface area contributed by atoms with E-state index in [4.69, 9.17) is 0 Å². The first-order chi connectivity index (χ1) is 28.9. The van der Waals surface area contributed by atoms with Gasteiger partial charge in [-0.3, -0.25) is 0 Å². The van der Waals surface area contributed by atoms with E-state index in [1.54, 1.807) is 0 Å². The molecule has 3 nitrogen and oxygen atoms in total. The zero-order valence-corrected chi connectivity index (χ0v) is 32.5. The first kappa shape index (κ1) is 34.7. The molecule has 0 aliphatic carbocycles. The maximum Gasteiger partial charge on any atom is 0.123 e. The minimum Gasteiger partial charge on any atom is -0.310 e. The van der Waals surface area contributed by atoms with Crippen molar-refractivity contribution in [1.82, 2.24) is 4.40 Å². The second-order valence-corrected chi connectivity index (χ2v) is 15.4. The summed E-state index contributed by atoms with van der Waals surface area (Å²) in [5.41, 5.74) is 13.7. The molecule has 0 N–H and O–H groups in total. The molecule has 2 aromatic heterocycles. The Balaban J connectivity index is 1.22. The van der Waals surface area contributed by atoms with Gasteiger partial charge in [-0.2, -0.15) is 0 Å². The van der Waals surface area contributed by atoms with Crippen LogP contribution in [0.5, 0.6) is 0 Å². The third-order valence-corrected chi connectivity index (χ3v) is 11.8. The van der Waals surface area contributed by atoms with Crippen molar-refractivity contribution in [3.63, 3.8) is 0 Å². The van der Waals surface area contributed by atoms with Gasteiger partial charge < -0.3 is 14.2 Å². The molecule has 11 aromatic rings. The van der Waals surface area contributed by atoms with E-state index >= 15 is 0 Å². The fourth-order valence-corrected chi connectivity index (χ4v) is 9.07. The van der Waals surface area contributed by atoms with Gasteiger partial charge in [-0.1, -0.05) is 91.0 Å². The highest BCUT2D eigenvalue weighted by molar-refractivity contribution is 6.32. The Morgan fingerprint density at radius 3 is 1.54 bits per heavy atom. The Bertz CT molecular complexity index is 3370. The maximum atomic E-state index is 14.3. The van der Waals surface area contributed by atoms with Gasteiger partial charge in [-0.25, -0.2) is 8.78 Å². The van der Waals surface area contributed by atoms with Gasteiger partial charge in [0.2, 0.25) is 0 Å². The molecule has 0 saturated carbocycles. The summed E-state index contributed by atoms with van der Waals surface area (Å²) in [6, 6.07) is 63.2. The maximum absolute atomic E-state index is 14.3. The van der Waals surface area contributed by atoms with E-state index in [9.17, 15) is 8.78 Å². The fourth-order valence-electron chi connectivity index (χ4n) is 9.07. The smallest absolute Gasteiger partial charge is 0.123 e. The van der Waals surface area contributed by atoms with E-state index in [1.807, 2.05) is 48.5 Å². The first-order valence-corrected chi connectivity index (χ1v) is 19.9. The van der Waals surface area contributed by atoms with E-state index in [2.05, 4.69) is 143 Å². The van der Waals surface area contributed by atoms with Gasteiger partial charge in [-0.05, 0) is 144 Å². The highest BCUT2D eigenvalue weighted by Gasteiger charge is 2.24. The second-order valence-electron chi connectivity index (χ2n) is 15.4. The molecule has 9 aromatic carbocycles. The molecular formula is C54H37F2N3. The minimum atomic E-state index is -0.270. The van der Waals surface area contributed by atoms with Crippen molar-refractivity contribution in [2.24, 2.45) is 0 Å². The van der Waals surface area contributed by atoms with Crippen molar-refractivity contribution < 1.29 is 8.78 Å². The topological polar surface area (TPSA) is 10.9 Å². The lowest BCUT2D eigenvalue weighted by molar-refractivity contribution is 0.627. The van der Waals surface area contributed by atoms with Gasteiger partial charge in [0.1, 0.15) is 11.6 Å². The van der Waals surface area contributed by atoms with Crippen LogP contribution in [0, 0.1) is 25.5 Å². The fraction of sp³-hybridized carbons (Fsp3) is 0.0370. The van der Waals surface area contributed by atoms with Crippen LogP contribution < -0.4 is 9.80 Å². The van der Waals surface area contributed by atoms with Gasteiger partial charge >= 0.3 is 0 Å². The van der Waals surface area contributed by atoms with Crippen LogP contribution in [-0.4, -0.2) is 4.40 Å². The molecule has 282 valence electrons. The van der Waals surface area contributed by atoms with Crippen molar-refractivity contribution in [2.75, 3.05) is 9.80 Å². The van der Waals surface area contributed by atoms with Crippen LogP contribution in [0.3, 0.4) is 0 Å². The van der Waals surface area contributed by atoms with E-state index < -0.39 is 0 Å². The monoisotopic (exact) mass is 765 g/mol. The largest absolute Gasteiger partial charge is 0.310 e. The van der Waals surface area contributed by atoms with Gasteiger partial charge in [0.15, 0.2) is 0 Å². The molecule has 0 aliphatic rings. The molecule has 0 saturated heterocycles. The lowest BCUT2D eigenvalue weighted by Crippen LogP contribution is -2.11. The number of aryl methyl sites for hydroxylation is 2. The lowest BCUT2D eigenvalue weighted by atomic mass is 9.97. The van der Waals surface area contributed by atoms with Gasteiger partial charge in [-0.15, -0.1) is 0 Å². The number of hydrogen-bond donors (Lipinski definition) is 0. The summed E-state index contributed by atoms with van der Waals surface area (Å²) in [7, 11) is 0. The first-order valence-electron chi connectivity index (χ1n) is 19.9. The minimum absolute atomic E-state index is 0.269. The Morgan fingerprint density at radius 2 is 0.915 bits per heavy atom. The summed E-state index contributed by atoms with van der Waals surface area (Å²) in [6.45, 7) is 4.22. The van der Waals surface area contributed by atoms with E-state index in [-0.39, 0.29) is 11.6 Å². The zero-order valence-electron chi connectivity index (χ0n) is 32.5. The predicted octanol–water partition coefficient (Wildman–Crippen LogP) is 15.5. The molecule has 0 amide bonds. The summed E-state index contributed by atoms with van der Waals surface area (Å²) in [4.78, 5) is 4.44. The Kier molecular flexibility index (Phi) is 7.99. The summed E-state index contributed by atoms with van der Waals surface area (Å²) in [5, 5.41) is 6.96. The lowest BCUT2D eigenvalue weighted by Gasteiger charge is -2.27. The molecule has 0 spiro atoms. The van der Waals surface area contributed by atoms with Gasteiger partial charge in [0, 0.05) is 55.7 Å². The predicted molar refractivity (Wildman–Crippen MR) is 243 cm³/mol. The second kappa shape index (κ2) is 13.6. The Labute approximate surface area is 340 Å². The van der Waals surface area contributed by atoms with E-state index in [0.717, 1.165) is 89.1 Å². The van der Waals surface area contributed by atoms with Crippen LogP contribution in [0.4, 0.5) is 42.9 Å². The van der Waals surface area contributed by atoms with Crippen LogP contribution in [0.15, 0.2) is 188 Å². The van der Waals surface area contributed by atoms with Crippen molar-refractivity contribution in [3.05, 3.63) is 211 Å². The van der Waals surface area contributed by atoms with Gasteiger partial charge in [0.05, 0.1) is 16.6 Å². The number of para-hydroxylation sites is 2. The number of anilines is 6. The summed E-state index contributed by atoms with van der Waals surface area (Å²) in [5.74, 6) is -0.539. The third-order valence-electron chi connectivity index (χ3n) is 11.8. The average Bonchev–Trinajstić information content (AvgIpc) is 3.78. The number of nitrogens with zero attached hydrogens (tertiary/aromatic N) is 3. The van der Waals surface area contributed by atoms with Crippen LogP contribution in [-0.2, 0) is 0 Å². The highest BCUT2D eigenvalue weighted by Crippen LogP contribution is 2.47. The number of rotatable bonds is 7. The molecule has 11 rings (SSSR count). The number of hydrogen-bond acceptors (Lipinski definition) is 2. The van der Waals surface area contributed by atoms with Crippen LogP contribution in [0.1, 0.15) is 11.1 Å². The molecule has 0 aliphatic heterocycles. The SMILES string of the molecule is Cc1ccccc1N(c1ccc(F)cc1)c1ccc2cc3c4ccc(N(c5ccc(F)cc5)c5ccccc5C)cc4n4c5cc(-c6ccccc6)ccc5c(c2c1)c34. The molecule has 59 heavy (non-hydrogen) atoms. The van der Waals surface area contributed by atoms with E-state index in [1.165, 1.54) is 40.4 Å². The number of halogens is 2. The molecule has 0 unspecified atom stereocenters. The standard InChI is InChI=1S/C54H37F2N3/c1-34-10-6-8-14-49(34)57(41-23-18-39(55)19-24-41)43-22-16-38-30-48-45-29-27-44(58(42-25-20-40(56)21-26-42)50-15-9-7-11-35(50)2)33-52(45)59-51-31-37(36-12-4-3-5-13-36)17-28-46(51)53(54(48)59)47(38)32-43/h3-33H,1-2H3. The number of benzene rings is 9. The quantitative estimate of drug-likeness (QED) is 0.160. The molecule has 0 fully saturated rings. The summed E-state index contributed by atoms with van der Waals surface area (Å²) in [6.07, 6.45) is 0. The summed E-state index contributed by atoms with van der Waals surface area (Å²) >= 11 is 0. The number of aromatic nitrogens is 1. The van der Waals surface area contributed by atoms with Crippen LogP contribution in [0.25, 0.3) is 60.0 Å². The molecule has 0 radical (unpaired) electrons.